The molecule has 0 aliphatic rings. The lowest BCUT2D eigenvalue weighted by Crippen LogP contribution is -2.22. The van der Waals surface area contributed by atoms with E-state index in [9.17, 15) is 4.79 Å². The van der Waals surface area contributed by atoms with Crippen molar-refractivity contribution in [3.05, 3.63) is 102 Å². The van der Waals surface area contributed by atoms with Crippen LogP contribution < -0.4 is 4.74 Å². The van der Waals surface area contributed by atoms with Gasteiger partial charge in [0, 0.05) is 6.54 Å². The second kappa shape index (κ2) is 9.11. The van der Waals surface area contributed by atoms with Crippen LogP contribution in [0.4, 0.5) is 0 Å². The van der Waals surface area contributed by atoms with Gasteiger partial charge in [-0.25, -0.2) is 9.78 Å². The number of aromatic nitrogens is 1. The molecule has 7 heteroatoms. The van der Waals surface area contributed by atoms with Crippen LogP contribution in [0.3, 0.4) is 0 Å². The molecule has 0 radical (unpaired) electrons. The molecule has 0 aliphatic carbocycles. The molecule has 7 nitrogen and oxygen atoms in total. The number of hydrogen-bond donors (Lipinski definition) is 1. The summed E-state index contributed by atoms with van der Waals surface area (Å²) in [6, 6.07) is 21.1. The Labute approximate surface area is 173 Å². The predicted octanol–water partition coefficient (Wildman–Crippen LogP) is 4.96. The first-order chi connectivity index (χ1) is 14.7. The maximum Gasteiger partial charge on any atom is 0.357 e. The molecule has 2 aromatic heterocycles. The van der Waals surface area contributed by atoms with E-state index in [4.69, 9.17) is 18.7 Å². The summed E-state index contributed by atoms with van der Waals surface area (Å²) >= 11 is 0. The Morgan fingerprint density at radius 3 is 2.50 bits per heavy atom. The van der Waals surface area contributed by atoms with Crippen LogP contribution in [0.1, 0.15) is 27.7 Å². The number of carboxylic acids is 1. The Hall–Kier alpha value is -3.84. The minimum atomic E-state index is -1.12. The van der Waals surface area contributed by atoms with Crippen molar-refractivity contribution in [2.45, 2.75) is 19.6 Å². The molecule has 1 N–H and O–H groups in total. The van der Waals surface area contributed by atoms with Gasteiger partial charge >= 0.3 is 5.97 Å². The van der Waals surface area contributed by atoms with Crippen LogP contribution in [-0.2, 0) is 19.6 Å². The van der Waals surface area contributed by atoms with E-state index in [1.165, 1.54) is 0 Å². The highest BCUT2D eigenvalue weighted by atomic mass is 16.5. The van der Waals surface area contributed by atoms with Gasteiger partial charge in [-0.2, -0.15) is 0 Å². The van der Waals surface area contributed by atoms with Crippen molar-refractivity contribution in [2.24, 2.45) is 0 Å². The van der Waals surface area contributed by atoms with Gasteiger partial charge in [-0.3, -0.25) is 4.90 Å². The molecule has 0 saturated carbocycles. The van der Waals surface area contributed by atoms with E-state index in [1.54, 1.807) is 6.26 Å². The predicted molar refractivity (Wildman–Crippen MR) is 108 cm³/mol. The van der Waals surface area contributed by atoms with E-state index in [-0.39, 0.29) is 5.69 Å². The molecule has 152 valence electrons. The van der Waals surface area contributed by atoms with Crippen LogP contribution in [0.25, 0.3) is 0 Å². The van der Waals surface area contributed by atoms with Gasteiger partial charge in [-0.05, 0) is 42.0 Å². The van der Waals surface area contributed by atoms with Crippen LogP contribution in [0.15, 0.2) is 88.1 Å². The number of ether oxygens (including phenoxy) is 1. The van der Waals surface area contributed by atoms with Gasteiger partial charge in [-0.15, -0.1) is 0 Å². The number of nitrogens with zero attached hydrogens (tertiary/aromatic N) is 2. The summed E-state index contributed by atoms with van der Waals surface area (Å²) in [5.41, 5.74) is 0.918. The maximum absolute atomic E-state index is 11.1. The van der Waals surface area contributed by atoms with Gasteiger partial charge in [0.1, 0.15) is 23.5 Å². The van der Waals surface area contributed by atoms with Gasteiger partial charge < -0.3 is 18.7 Å². The molecule has 0 spiro atoms. The number of rotatable bonds is 9. The molecule has 0 unspecified atom stereocenters. The smallest absolute Gasteiger partial charge is 0.357 e. The highest BCUT2D eigenvalue weighted by molar-refractivity contribution is 5.84. The summed E-state index contributed by atoms with van der Waals surface area (Å²) in [6.07, 6.45) is 2.77. The van der Waals surface area contributed by atoms with Crippen molar-refractivity contribution in [1.29, 1.82) is 0 Å². The number of carboxylic acid groups (broad SMARTS) is 1. The van der Waals surface area contributed by atoms with Crippen molar-refractivity contribution in [3.63, 3.8) is 0 Å². The quantitative estimate of drug-likeness (QED) is 0.422. The average molecular weight is 404 g/mol. The first-order valence-corrected chi connectivity index (χ1v) is 9.40. The molecule has 0 amide bonds. The fourth-order valence-corrected chi connectivity index (χ4v) is 3.05. The standard InChI is InChI=1S/C23H20N2O5/c26-23(27)21-16-29-22(24-21)15-25(14-20-10-5-11-28-20)13-17-6-4-9-19(12-17)30-18-7-2-1-3-8-18/h1-12,16H,13-15H2,(H,26,27). The van der Waals surface area contributed by atoms with Gasteiger partial charge in [-0.1, -0.05) is 30.3 Å². The van der Waals surface area contributed by atoms with Crippen LogP contribution in [0, 0.1) is 0 Å². The molecule has 4 rings (SSSR count). The summed E-state index contributed by atoms with van der Waals surface area (Å²) in [4.78, 5) is 17.2. The van der Waals surface area contributed by atoms with Crippen molar-refractivity contribution in [3.8, 4) is 11.5 Å². The highest BCUT2D eigenvalue weighted by Crippen LogP contribution is 2.23. The normalized spacial score (nSPS) is 11.0. The number of aromatic carboxylic acids is 1. The Morgan fingerprint density at radius 1 is 0.933 bits per heavy atom. The van der Waals surface area contributed by atoms with Gasteiger partial charge in [0.2, 0.25) is 5.89 Å². The van der Waals surface area contributed by atoms with E-state index in [2.05, 4.69) is 9.88 Å². The molecular weight excluding hydrogens is 384 g/mol. The fourth-order valence-electron chi connectivity index (χ4n) is 3.05. The highest BCUT2D eigenvalue weighted by Gasteiger charge is 2.16. The SMILES string of the molecule is O=C(O)c1coc(CN(Cc2cccc(Oc3ccccc3)c2)Cc2ccco2)n1. The molecule has 0 saturated heterocycles. The second-order valence-corrected chi connectivity index (χ2v) is 6.72. The number of carbonyl (C=O) groups is 1. The summed E-state index contributed by atoms with van der Waals surface area (Å²) < 4.78 is 16.7. The van der Waals surface area contributed by atoms with E-state index in [1.807, 2.05) is 66.7 Å². The summed E-state index contributed by atoms with van der Waals surface area (Å²) in [5.74, 6) is 1.50. The van der Waals surface area contributed by atoms with Crippen LogP contribution >= 0.6 is 0 Å². The van der Waals surface area contributed by atoms with Crippen molar-refractivity contribution in [2.75, 3.05) is 0 Å². The minimum Gasteiger partial charge on any atom is -0.476 e. The molecule has 0 aliphatic heterocycles. The van der Waals surface area contributed by atoms with Crippen LogP contribution in [0.2, 0.25) is 0 Å². The zero-order valence-corrected chi connectivity index (χ0v) is 16.1. The number of oxazole rings is 1. The zero-order valence-electron chi connectivity index (χ0n) is 16.1. The van der Waals surface area contributed by atoms with E-state index < -0.39 is 5.97 Å². The Morgan fingerprint density at radius 2 is 1.77 bits per heavy atom. The number of furan rings is 1. The first kappa shape index (κ1) is 19.5. The molecule has 0 atom stereocenters. The van der Waals surface area contributed by atoms with Crippen molar-refractivity contribution in [1.82, 2.24) is 9.88 Å². The molecule has 2 heterocycles. The average Bonchev–Trinajstić information content (AvgIpc) is 3.41. The van der Waals surface area contributed by atoms with Gasteiger partial charge in [0.05, 0.1) is 19.4 Å². The van der Waals surface area contributed by atoms with Crippen LogP contribution in [0.5, 0.6) is 11.5 Å². The third-order valence-corrected chi connectivity index (χ3v) is 4.37. The summed E-state index contributed by atoms with van der Waals surface area (Å²) in [7, 11) is 0. The molecule has 2 aromatic carbocycles. The lowest BCUT2D eigenvalue weighted by atomic mass is 10.2. The monoisotopic (exact) mass is 404 g/mol. The van der Waals surface area contributed by atoms with Crippen LogP contribution in [-0.4, -0.2) is 21.0 Å². The van der Waals surface area contributed by atoms with E-state index >= 15 is 0 Å². The number of para-hydroxylation sites is 1. The van der Waals surface area contributed by atoms with Gasteiger partial charge in [0.15, 0.2) is 5.69 Å². The first-order valence-electron chi connectivity index (χ1n) is 9.40. The maximum atomic E-state index is 11.1. The molecule has 0 fully saturated rings. The molecule has 4 aromatic rings. The van der Waals surface area contributed by atoms with E-state index in [0.717, 1.165) is 29.1 Å². The number of benzene rings is 2. The molecular formula is C23H20N2O5. The fraction of sp³-hybridized carbons (Fsp3) is 0.130. The van der Waals surface area contributed by atoms with Crippen molar-refractivity contribution < 1.29 is 23.5 Å². The second-order valence-electron chi connectivity index (χ2n) is 6.72. The third-order valence-electron chi connectivity index (χ3n) is 4.37. The Kier molecular flexibility index (Phi) is 5.91. The molecule has 30 heavy (non-hydrogen) atoms. The number of hydrogen-bond acceptors (Lipinski definition) is 6. The lowest BCUT2D eigenvalue weighted by molar-refractivity contribution is 0.0690. The Balaban J connectivity index is 1.50. The third kappa shape index (κ3) is 5.15. The van der Waals surface area contributed by atoms with Crippen molar-refractivity contribution >= 4 is 5.97 Å². The topological polar surface area (TPSA) is 88.9 Å². The zero-order chi connectivity index (χ0) is 20.8. The molecule has 0 bridgehead atoms. The van der Waals surface area contributed by atoms with Gasteiger partial charge in [0.25, 0.3) is 0 Å². The Bertz CT molecular complexity index is 1090. The summed E-state index contributed by atoms with van der Waals surface area (Å²) in [6.45, 7) is 1.41. The van der Waals surface area contributed by atoms with E-state index in [0.29, 0.717) is 25.5 Å². The lowest BCUT2D eigenvalue weighted by Gasteiger charge is -2.20. The largest absolute Gasteiger partial charge is 0.476 e. The minimum absolute atomic E-state index is 0.110. The summed E-state index contributed by atoms with van der Waals surface area (Å²) in [5, 5.41) is 9.06.